The fourth-order valence-electron chi connectivity index (χ4n) is 0.722. The molecule has 0 spiro atoms. The summed E-state index contributed by atoms with van der Waals surface area (Å²) in [4.78, 5) is 8.21. The summed E-state index contributed by atoms with van der Waals surface area (Å²) in [7, 11) is 0. The molecule has 54 valence electrons. The molecule has 1 heterocycles. The van der Waals surface area contributed by atoms with Crippen LogP contribution in [0.3, 0.4) is 0 Å². The van der Waals surface area contributed by atoms with Crippen LogP contribution < -0.4 is 0 Å². The summed E-state index contributed by atoms with van der Waals surface area (Å²) >= 11 is 2.31. The number of hydrogen-bond donors (Lipinski definition) is 0. The van der Waals surface area contributed by atoms with Gasteiger partial charge in [0.2, 0.25) is 0 Å². The highest BCUT2D eigenvalue weighted by Crippen LogP contribution is 2.09. The van der Waals surface area contributed by atoms with Gasteiger partial charge in [-0.15, -0.1) is 0 Å². The Bertz CT molecular complexity index is 235. The minimum absolute atomic E-state index is 0.965. The largest absolute Gasteiger partial charge is 0.241 e. The highest BCUT2D eigenvalue weighted by Gasteiger charge is 1.99. The van der Waals surface area contributed by atoms with E-state index in [0.717, 1.165) is 15.8 Å². The maximum atomic E-state index is 4.14. The van der Waals surface area contributed by atoms with Crippen molar-refractivity contribution in [2.45, 2.75) is 18.3 Å². The molecule has 0 fully saturated rings. The SMILES string of the molecule is Cc1ncnc(CI)c1C. The van der Waals surface area contributed by atoms with Gasteiger partial charge in [-0.05, 0) is 19.4 Å². The molecule has 10 heavy (non-hydrogen) atoms. The van der Waals surface area contributed by atoms with E-state index in [1.54, 1.807) is 6.33 Å². The molecule has 0 N–H and O–H groups in total. The second-order valence-corrected chi connectivity index (χ2v) is 2.93. The topological polar surface area (TPSA) is 25.8 Å². The molecular weight excluding hydrogens is 239 g/mol. The molecule has 0 aliphatic carbocycles. The zero-order chi connectivity index (χ0) is 7.56. The highest BCUT2D eigenvalue weighted by atomic mass is 127. The van der Waals surface area contributed by atoms with E-state index in [-0.39, 0.29) is 0 Å². The Balaban J connectivity index is 3.14. The Labute approximate surface area is 74.2 Å². The van der Waals surface area contributed by atoms with Crippen LogP contribution >= 0.6 is 22.6 Å². The summed E-state index contributed by atoms with van der Waals surface area (Å²) in [5, 5.41) is 0. The van der Waals surface area contributed by atoms with Gasteiger partial charge >= 0.3 is 0 Å². The number of rotatable bonds is 1. The Morgan fingerprint density at radius 3 is 2.60 bits per heavy atom. The van der Waals surface area contributed by atoms with Gasteiger partial charge in [0.15, 0.2) is 0 Å². The first-order valence-electron chi connectivity index (χ1n) is 3.08. The van der Waals surface area contributed by atoms with Crippen molar-refractivity contribution >= 4 is 22.6 Å². The van der Waals surface area contributed by atoms with Crippen molar-refractivity contribution in [1.29, 1.82) is 0 Å². The van der Waals surface area contributed by atoms with Crippen molar-refractivity contribution in [1.82, 2.24) is 9.97 Å². The Morgan fingerprint density at radius 1 is 1.40 bits per heavy atom. The predicted molar refractivity (Wildman–Crippen MR) is 49.2 cm³/mol. The summed E-state index contributed by atoms with van der Waals surface area (Å²) in [5.41, 5.74) is 3.45. The van der Waals surface area contributed by atoms with Gasteiger partial charge in [-0.2, -0.15) is 0 Å². The third kappa shape index (κ3) is 1.45. The van der Waals surface area contributed by atoms with E-state index in [9.17, 15) is 0 Å². The maximum Gasteiger partial charge on any atom is 0.115 e. The van der Waals surface area contributed by atoms with Crippen LogP contribution in [0.25, 0.3) is 0 Å². The average molecular weight is 248 g/mol. The molecule has 0 unspecified atom stereocenters. The molecule has 0 aliphatic heterocycles. The van der Waals surface area contributed by atoms with Crippen molar-refractivity contribution in [3.05, 3.63) is 23.3 Å². The average Bonchev–Trinajstić information content (AvgIpc) is 1.95. The third-order valence-electron chi connectivity index (χ3n) is 1.57. The van der Waals surface area contributed by atoms with Gasteiger partial charge in [-0.1, -0.05) is 22.6 Å². The number of aromatic nitrogens is 2. The molecule has 1 aromatic rings. The van der Waals surface area contributed by atoms with Crippen molar-refractivity contribution in [3.8, 4) is 0 Å². The molecule has 0 saturated carbocycles. The quantitative estimate of drug-likeness (QED) is 0.561. The van der Waals surface area contributed by atoms with Gasteiger partial charge in [0, 0.05) is 10.1 Å². The molecule has 1 aromatic heterocycles. The van der Waals surface area contributed by atoms with Gasteiger partial charge < -0.3 is 0 Å². The molecule has 0 radical (unpaired) electrons. The fraction of sp³-hybridized carbons (Fsp3) is 0.429. The Hall–Kier alpha value is -0.190. The van der Waals surface area contributed by atoms with E-state index >= 15 is 0 Å². The minimum Gasteiger partial charge on any atom is -0.241 e. The lowest BCUT2D eigenvalue weighted by Crippen LogP contribution is -1.95. The lowest BCUT2D eigenvalue weighted by Gasteiger charge is -2.01. The summed E-state index contributed by atoms with van der Waals surface area (Å²) in [6.45, 7) is 4.07. The normalized spacial score (nSPS) is 9.90. The smallest absolute Gasteiger partial charge is 0.115 e. The molecule has 0 amide bonds. The third-order valence-corrected chi connectivity index (χ3v) is 2.29. The zero-order valence-electron chi connectivity index (χ0n) is 6.06. The molecule has 1 rings (SSSR count). The van der Waals surface area contributed by atoms with Crippen LogP contribution in [-0.2, 0) is 4.43 Å². The van der Waals surface area contributed by atoms with Gasteiger partial charge in [0.1, 0.15) is 6.33 Å². The van der Waals surface area contributed by atoms with Crippen LogP contribution in [0.1, 0.15) is 17.0 Å². The molecule has 2 nitrogen and oxygen atoms in total. The Kier molecular flexibility index (Phi) is 2.59. The van der Waals surface area contributed by atoms with E-state index < -0.39 is 0 Å². The first kappa shape index (κ1) is 7.91. The lowest BCUT2D eigenvalue weighted by atomic mass is 10.2. The van der Waals surface area contributed by atoms with E-state index in [1.807, 2.05) is 6.92 Å². The highest BCUT2D eigenvalue weighted by molar-refractivity contribution is 14.1. The Morgan fingerprint density at radius 2 is 2.10 bits per heavy atom. The molecule has 0 bridgehead atoms. The maximum absolute atomic E-state index is 4.14. The van der Waals surface area contributed by atoms with Crippen molar-refractivity contribution < 1.29 is 0 Å². The van der Waals surface area contributed by atoms with Gasteiger partial charge in [-0.3, -0.25) is 0 Å². The minimum atomic E-state index is 0.965. The molecule has 0 aliphatic rings. The monoisotopic (exact) mass is 248 g/mol. The van der Waals surface area contributed by atoms with E-state index in [1.165, 1.54) is 5.56 Å². The number of nitrogens with zero attached hydrogens (tertiary/aromatic N) is 2. The van der Waals surface area contributed by atoms with Gasteiger partial charge in [0.25, 0.3) is 0 Å². The van der Waals surface area contributed by atoms with Crippen molar-refractivity contribution in [3.63, 3.8) is 0 Å². The summed E-state index contributed by atoms with van der Waals surface area (Å²) < 4.78 is 0.965. The standard InChI is InChI=1S/C7H9IN2/c1-5-6(2)9-4-10-7(5)3-8/h4H,3H2,1-2H3. The molecular formula is C7H9IN2. The van der Waals surface area contributed by atoms with Crippen LogP contribution in [-0.4, -0.2) is 9.97 Å². The molecule has 0 aromatic carbocycles. The van der Waals surface area contributed by atoms with Crippen molar-refractivity contribution in [2.75, 3.05) is 0 Å². The van der Waals surface area contributed by atoms with Gasteiger partial charge in [0.05, 0.1) is 5.69 Å². The molecule has 0 atom stereocenters. The second kappa shape index (κ2) is 3.27. The molecule has 3 heteroatoms. The zero-order valence-corrected chi connectivity index (χ0v) is 8.21. The molecule has 0 saturated heterocycles. The summed E-state index contributed by atoms with van der Waals surface area (Å²) in [6.07, 6.45) is 1.62. The van der Waals surface area contributed by atoms with Crippen LogP contribution in [0, 0.1) is 13.8 Å². The van der Waals surface area contributed by atoms with Crippen LogP contribution in [0.15, 0.2) is 6.33 Å². The number of alkyl halides is 1. The van der Waals surface area contributed by atoms with E-state index in [0.29, 0.717) is 0 Å². The van der Waals surface area contributed by atoms with Gasteiger partial charge in [-0.25, -0.2) is 9.97 Å². The van der Waals surface area contributed by atoms with E-state index in [4.69, 9.17) is 0 Å². The predicted octanol–water partition coefficient (Wildman–Crippen LogP) is 2.03. The number of hydrogen-bond acceptors (Lipinski definition) is 2. The first-order chi connectivity index (χ1) is 4.75. The van der Waals surface area contributed by atoms with Crippen LogP contribution in [0.2, 0.25) is 0 Å². The fourth-order valence-corrected chi connectivity index (χ4v) is 1.49. The summed E-state index contributed by atoms with van der Waals surface area (Å²) in [5.74, 6) is 0. The lowest BCUT2D eigenvalue weighted by molar-refractivity contribution is 1.01. The first-order valence-corrected chi connectivity index (χ1v) is 4.61. The number of aryl methyl sites for hydroxylation is 1. The van der Waals surface area contributed by atoms with Crippen LogP contribution in [0.4, 0.5) is 0 Å². The van der Waals surface area contributed by atoms with Crippen molar-refractivity contribution in [2.24, 2.45) is 0 Å². The second-order valence-electron chi connectivity index (χ2n) is 2.16. The van der Waals surface area contributed by atoms with E-state index in [2.05, 4.69) is 39.5 Å². The summed E-state index contributed by atoms with van der Waals surface area (Å²) in [6, 6.07) is 0. The number of halogens is 1. The van der Waals surface area contributed by atoms with Crippen LogP contribution in [0.5, 0.6) is 0 Å².